The van der Waals surface area contributed by atoms with E-state index in [2.05, 4.69) is 20.3 Å². The Kier molecular flexibility index (Phi) is 2.03. The SMILES string of the molecule is CNc1ccc2[nH]c(CC#N)nc2n1. The van der Waals surface area contributed by atoms with E-state index >= 15 is 0 Å². The number of anilines is 1. The average Bonchev–Trinajstić information content (AvgIpc) is 2.59. The van der Waals surface area contributed by atoms with E-state index in [-0.39, 0.29) is 6.42 Å². The van der Waals surface area contributed by atoms with Crippen molar-refractivity contribution in [1.82, 2.24) is 15.0 Å². The van der Waals surface area contributed by atoms with Gasteiger partial charge in [0, 0.05) is 7.05 Å². The lowest BCUT2D eigenvalue weighted by atomic mass is 10.4. The Balaban J connectivity index is 2.50. The van der Waals surface area contributed by atoms with Gasteiger partial charge in [0.15, 0.2) is 5.65 Å². The van der Waals surface area contributed by atoms with Crippen LogP contribution in [0, 0.1) is 11.3 Å². The Morgan fingerprint density at radius 3 is 3.07 bits per heavy atom. The van der Waals surface area contributed by atoms with Crippen molar-refractivity contribution < 1.29 is 0 Å². The number of hydrogen-bond donors (Lipinski definition) is 2. The van der Waals surface area contributed by atoms with Gasteiger partial charge in [-0.25, -0.2) is 9.97 Å². The zero-order chi connectivity index (χ0) is 9.97. The molecule has 0 atom stereocenters. The van der Waals surface area contributed by atoms with Crippen LogP contribution in [0.25, 0.3) is 11.2 Å². The van der Waals surface area contributed by atoms with E-state index in [1.165, 1.54) is 0 Å². The minimum absolute atomic E-state index is 0.283. The van der Waals surface area contributed by atoms with Gasteiger partial charge in [0.2, 0.25) is 0 Å². The summed E-state index contributed by atoms with van der Waals surface area (Å²) in [6.07, 6.45) is 0.283. The van der Waals surface area contributed by atoms with Gasteiger partial charge in [0.1, 0.15) is 11.6 Å². The molecule has 2 heterocycles. The van der Waals surface area contributed by atoms with Crippen LogP contribution in [-0.4, -0.2) is 22.0 Å². The van der Waals surface area contributed by atoms with Gasteiger partial charge in [-0.1, -0.05) is 0 Å². The van der Waals surface area contributed by atoms with Crippen LogP contribution in [0.1, 0.15) is 5.82 Å². The summed E-state index contributed by atoms with van der Waals surface area (Å²) in [5, 5.41) is 11.4. The predicted octanol–water partition coefficient (Wildman–Crippen LogP) is 1.07. The smallest absolute Gasteiger partial charge is 0.179 e. The fraction of sp³-hybridized carbons (Fsp3) is 0.222. The van der Waals surface area contributed by atoms with Crippen molar-refractivity contribution in [2.75, 3.05) is 12.4 Å². The van der Waals surface area contributed by atoms with E-state index in [4.69, 9.17) is 5.26 Å². The highest BCUT2D eigenvalue weighted by atomic mass is 15.0. The van der Waals surface area contributed by atoms with Crippen LogP contribution < -0.4 is 5.32 Å². The molecule has 2 aromatic rings. The van der Waals surface area contributed by atoms with Crippen LogP contribution in [-0.2, 0) is 6.42 Å². The normalized spacial score (nSPS) is 10.0. The Morgan fingerprint density at radius 1 is 1.50 bits per heavy atom. The number of aromatic nitrogens is 3. The quantitative estimate of drug-likeness (QED) is 0.737. The van der Waals surface area contributed by atoms with E-state index in [9.17, 15) is 0 Å². The lowest BCUT2D eigenvalue weighted by Gasteiger charge is -1.95. The van der Waals surface area contributed by atoms with Gasteiger partial charge in [-0.15, -0.1) is 0 Å². The van der Waals surface area contributed by atoms with Gasteiger partial charge in [0.25, 0.3) is 0 Å². The zero-order valence-electron chi connectivity index (χ0n) is 7.70. The molecule has 0 fully saturated rings. The monoisotopic (exact) mass is 187 g/mol. The number of imidazole rings is 1. The summed E-state index contributed by atoms with van der Waals surface area (Å²) >= 11 is 0. The van der Waals surface area contributed by atoms with Crippen molar-refractivity contribution in [3.05, 3.63) is 18.0 Å². The summed E-state index contributed by atoms with van der Waals surface area (Å²) in [4.78, 5) is 11.4. The predicted molar refractivity (Wildman–Crippen MR) is 52.8 cm³/mol. The second-order valence-electron chi connectivity index (χ2n) is 2.84. The molecule has 0 radical (unpaired) electrons. The fourth-order valence-corrected chi connectivity index (χ4v) is 1.24. The first-order chi connectivity index (χ1) is 6.83. The second kappa shape index (κ2) is 3.34. The Hall–Kier alpha value is -2.09. The fourth-order valence-electron chi connectivity index (χ4n) is 1.24. The van der Waals surface area contributed by atoms with Crippen LogP contribution in [0.3, 0.4) is 0 Å². The van der Waals surface area contributed by atoms with E-state index < -0.39 is 0 Å². The van der Waals surface area contributed by atoms with Gasteiger partial charge in [-0.3, -0.25) is 0 Å². The maximum absolute atomic E-state index is 8.50. The van der Waals surface area contributed by atoms with Crippen LogP contribution in [0.4, 0.5) is 5.82 Å². The summed E-state index contributed by atoms with van der Waals surface area (Å²) < 4.78 is 0. The Bertz CT molecular complexity index is 493. The highest BCUT2D eigenvalue weighted by molar-refractivity contribution is 5.72. The summed E-state index contributed by atoms with van der Waals surface area (Å²) in [5.74, 6) is 1.43. The number of nitrogens with zero attached hydrogens (tertiary/aromatic N) is 3. The number of fused-ring (bicyclic) bond motifs is 1. The molecule has 2 N–H and O–H groups in total. The van der Waals surface area contributed by atoms with Crippen molar-refractivity contribution in [3.63, 3.8) is 0 Å². The number of aromatic amines is 1. The van der Waals surface area contributed by atoms with Crippen molar-refractivity contribution in [1.29, 1.82) is 5.26 Å². The van der Waals surface area contributed by atoms with Gasteiger partial charge in [0.05, 0.1) is 18.0 Å². The molecule has 2 aromatic heterocycles. The molecule has 0 amide bonds. The largest absolute Gasteiger partial charge is 0.373 e. The molecular formula is C9H9N5. The molecule has 0 bridgehead atoms. The highest BCUT2D eigenvalue weighted by Gasteiger charge is 2.03. The Labute approximate surface area is 80.8 Å². The standard InChI is InChI=1S/C9H9N5/c1-11-7-3-2-6-9(13-7)14-8(12-6)4-5-10/h2-3H,4H2,1H3,(H2,11,12,13,14). The molecular weight excluding hydrogens is 178 g/mol. The number of H-pyrrole nitrogens is 1. The number of rotatable bonds is 2. The third-order valence-electron chi connectivity index (χ3n) is 1.90. The summed E-state index contributed by atoms with van der Waals surface area (Å²) in [7, 11) is 1.80. The van der Waals surface area contributed by atoms with Gasteiger partial charge in [-0.2, -0.15) is 5.26 Å². The van der Waals surface area contributed by atoms with Crippen LogP contribution in [0.5, 0.6) is 0 Å². The molecule has 0 aliphatic heterocycles. The first-order valence-electron chi connectivity index (χ1n) is 4.24. The average molecular weight is 187 g/mol. The second-order valence-corrected chi connectivity index (χ2v) is 2.84. The van der Waals surface area contributed by atoms with E-state index in [1.807, 2.05) is 18.2 Å². The number of hydrogen-bond acceptors (Lipinski definition) is 4. The van der Waals surface area contributed by atoms with Crippen LogP contribution in [0.2, 0.25) is 0 Å². The topological polar surface area (TPSA) is 77.4 Å². The molecule has 0 aliphatic rings. The van der Waals surface area contributed by atoms with Crippen molar-refractivity contribution >= 4 is 17.0 Å². The van der Waals surface area contributed by atoms with E-state index in [0.29, 0.717) is 11.5 Å². The molecule has 0 unspecified atom stereocenters. The van der Waals surface area contributed by atoms with Crippen LogP contribution in [0.15, 0.2) is 12.1 Å². The van der Waals surface area contributed by atoms with Crippen LogP contribution >= 0.6 is 0 Å². The highest BCUT2D eigenvalue weighted by Crippen LogP contribution is 2.12. The lowest BCUT2D eigenvalue weighted by Crippen LogP contribution is -1.91. The summed E-state index contributed by atoms with van der Waals surface area (Å²) in [6, 6.07) is 5.79. The first-order valence-corrected chi connectivity index (χ1v) is 4.24. The lowest BCUT2D eigenvalue weighted by molar-refractivity contribution is 1.07. The number of nitrogens with one attached hydrogen (secondary N) is 2. The van der Waals surface area contributed by atoms with E-state index in [0.717, 1.165) is 11.3 Å². The summed E-state index contributed by atoms with van der Waals surface area (Å²) in [5.41, 5.74) is 1.50. The maximum Gasteiger partial charge on any atom is 0.179 e. The molecule has 5 heteroatoms. The van der Waals surface area contributed by atoms with Crippen molar-refractivity contribution in [2.45, 2.75) is 6.42 Å². The molecule has 70 valence electrons. The zero-order valence-corrected chi connectivity index (χ0v) is 7.70. The molecule has 0 saturated heterocycles. The first kappa shape index (κ1) is 8.51. The minimum Gasteiger partial charge on any atom is -0.373 e. The van der Waals surface area contributed by atoms with Gasteiger partial charge in [-0.05, 0) is 12.1 Å². The molecule has 0 spiro atoms. The third kappa shape index (κ3) is 1.38. The molecule has 14 heavy (non-hydrogen) atoms. The minimum atomic E-state index is 0.283. The molecule has 2 rings (SSSR count). The molecule has 0 aromatic carbocycles. The van der Waals surface area contributed by atoms with Crippen molar-refractivity contribution in [2.24, 2.45) is 0 Å². The molecule has 5 nitrogen and oxygen atoms in total. The van der Waals surface area contributed by atoms with Crippen molar-refractivity contribution in [3.8, 4) is 6.07 Å². The molecule has 0 aliphatic carbocycles. The molecule has 0 saturated carbocycles. The van der Waals surface area contributed by atoms with Gasteiger partial charge >= 0.3 is 0 Å². The van der Waals surface area contributed by atoms with Gasteiger partial charge < -0.3 is 10.3 Å². The third-order valence-corrected chi connectivity index (χ3v) is 1.90. The maximum atomic E-state index is 8.50. The van der Waals surface area contributed by atoms with E-state index in [1.54, 1.807) is 7.05 Å². The number of pyridine rings is 1. The Morgan fingerprint density at radius 2 is 2.36 bits per heavy atom. The number of nitriles is 1. The summed E-state index contributed by atoms with van der Waals surface area (Å²) in [6.45, 7) is 0.